The molecular formula is C37H41ClN8O2S2. The SMILES string of the molecule is Cc1nc(NC(=O)c2cccc(NCCCCCNC(=O)C[C@@H]3N=C(c4ccc(Cl)cc4)c4c(sc(C)c4C)-n4c(C)nnc43)c2C)sc1C. The molecule has 0 spiro atoms. The van der Waals surface area contributed by atoms with Gasteiger partial charge in [0.2, 0.25) is 5.91 Å². The van der Waals surface area contributed by atoms with Gasteiger partial charge in [0.25, 0.3) is 5.91 Å². The Kier molecular flexibility index (Phi) is 10.8. The number of amides is 2. The van der Waals surface area contributed by atoms with Crippen molar-refractivity contribution in [3.05, 3.63) is 102 Å². The molecule has 10 nitrogen and oxygen atoms in total. The van der Waals surface area contributed by atoms with E-state index in [-0.39, 0.29) is 18.2 Å². The second kappa shape index (κ2) is 15.2. The van der Waals surface area contributed by atoms with Gasteiger partial charge in [-0.3, -0.25) is 24.5 Å². The number of unbranched alkanes of at least 4 members (excludes halogenated alkanes) is 2. The van der Waals surface area contributed by atoms with E-state index in [0.29, 0.717) is 28.1 Å². The first-order chi connectivity index (χ1) is 24.0. The third-order valence-corrected chi connectivity index (χ3v) is 11.5. The highest BCUT2D eigenvalue weighted by Gasteiger charge is 2.32. The summed E-state index contributed by atoms with van der Waals surface area (Å²) < 4.78 is 2.06. The van der Waals surface area contributed by atoms with Gasteiger partial charge in [0.15, 0.2) is 11.0 Å². The van der Waals surface area contributed by atoms with Crippen LogP contribution >= 0.6 is 34.3 Å². The molecule has 3 N–H and O–H groups in total. The van der Waals surface area contributed by atoms with Crippen molar-refractivity contribution in [1.82, 2.24) is 25.1 Å². The van der Waals surface area contributed by atoms with Crippen LogP contribution < -0.4 is 16.0 Å². The maximum atomic E-state index is 13.3. The zero-order chi connectivity index (χ0) is 35.5. The maximum absolute atomic E-state index is 13.3. The van der Waals surface area contributed by atoms with Gasteiger partial charge in [-0.05, 0) is 96.2 Å². The molecular weight excluding hydrogens is 688 g/mol. The van der Waals surface area contributed by atoms with Crippen LogP contribution in [0.2, 0.25) is 5.02 Å². The number of carbonyl (C=O) groups excluding carboxylic acids is 2. The third kappa shape index (κ3) is 7.52. The minimum absolute atomic E-state index is 0.0773. The number of thiophene rings is 1. The highest BCUT2D eigenvalue weighted by Crippen LogP contribution is 2.39. The molecule has 0 fully saturated rings. The number of aliphatic imine (C=N–C) groups is 1. The van der Waals surface area contributed by atoms with Crippen LogP contribution in [-0.4, -0.2) is 50.4 Å². The van der Waals surface area contributed by atoms with E-state index in [1.165, 1.54) is 16.2 Å². The van der Waals surface area contributed by atoms with Crippen LogP contribution in [0.5, 0.6) is 0 Å². The number of halogens is 1. The van der Waals surface area contributed by atoms with Crippen LogP contribution in [0.25, 0.3) is 5.00 Å². The molecule has 5 aromatic rings. The maximum Gasteiger partial charge on any atom is 0.257 e. The lowest BCUT2D eigenvalue weighted by atomic mass is 9.99. The van der Waals surface area contributed by atoms with Crippen molar-refractivity contribution in [2.75, 3.05) is 23.7 Å². The smallest absolute Gasteiger partial charge is 0.257 e. The van der Waals surface area contributed by atoms with Crippen molar-refractivity contribution < 1.29 is 9.59 Å². The second-order valence-corrected chi connectivity index (χ2v) is 15.4. The molecule has 0 saturated heterocycles. The lowest BCUT2D eigenvalue weighted by Gasteiger charge is -2.14. The zero-order valence-electron chi connectivity index (χ0n) is 29.1. The van der Waals surface area contributed by atoms with Gasteiger partial charge in [0.05, 0.1) is 17.8 Å². The Balaban J connectivity index is 1.03. The number of nitrogens with zero attached hydrogens (tertiary/aromatic N) is 5. The number of fused-ring (bicyclic) bond motifs is 3. The van der Waals surface area contributed by atoms with Crippen molar-refractivity contribution in [1.29, 1.82) is 0 Å². The molecule has 0 aliphatic carbocycles. The van der Waals surface area contributed by atoms with E-state index >= 15 is 0 Å². The van der Waals surface area contributed by atoms with Gasteiger partial charge < -0.3 is 10.6 Å². The van der Waals surface area contributed by atoms with E-state index in [9.17, 15) is 9.59 Å². The molecule has 1 aliphatic rings. The Hall–Kier alpha value is -4.39. The minimum Gasteiger partial charge on any atom is -0.385 e. The summed E-state index contributed by atoms with van der Waals surface area (Å²) in [5.74, 6) is 1.19. The highest BCUT2D eigenvalue weighted by atomic mass is 35.5. The van der Waals surface area contributed by atoms with Crippen molar-refractivity contribution in [2.45, 2.75) is 73.3 Å². The molecule has 1 atom stereocenters. The number of thiazole rings is 1. The van der Waals surface area contributed by atoms with E-state index in [4.69, 9.17) is 16.6 Å². The molecule has 0 unspecified atom stereocenters. The lowest BCUT2D eigenvalue weighted by Crippen LogP contribution is -2.26. The van der Waals surface area contributed by atoms with Crippen LogP contribution in [0.3, 0.4) is 0 Å². The number of nitrogens with one attached hydrogen (secondary N) is 3. The van der Waals surface area contributed by atoms with E-state index in [1.807, 2.05) is 70.2 Å². The van der Waals surface area contributed by atoms with E-state index in [1.54, 1.807) is 11.3 Å². The summed E-state index contributed by atoms with van der Waals surface area (Å²) in [4.78, 5) is 38.1. The Morgan fingerprint density at radius 3 is 2.38 bits per heavy atom. The number of carbonyl (C=O) groups is 2. The monoisotopic (exact) mass is 728 g/mol. The van der Waals surface area contributed by atoms with Crippen molar-refractivity contribution in [3.8, 4) is 5.00 Å². The third-order valence-electron chi connectivity index (χ3n) is 9.05. The summed E-state index contributed by atoms with van der Waals surface area (Å²) in [6.45, 7) is 13.4. The Bertz CT molecular complexity index is 2060. The minimum atomic E-state index is -0.499. The molecule has 0 saturated carbocycles. The summed E-state index contributed by atoms with van der Waals surface area (Å²) in [5, 5.41) is 20.7. The number of anilines is 2. The molecule has 4 heterocycles. The van der Waals surface area contributed by atoms with Crippen LogP contribution in [0.15, 0.2) is 47.5 Å². The molecule has 50 heavy (non-hydrogen) atoms. The molecule has 2 aromatic carbocycles. The van der Waals surface area contributed by atoms with Gasteiger partial charge in [0, 0.05) is 50.2 Å². The Morgan fingerprint density at radius 2 is 1.64 bits per heavy atom. The Labute approximate surface area is 305 Å². The molecule has 0 bridgehead atoms. The standard InChI is InChI=1S/C37H41ClN8O2S2/c1-20-23(4)49-36-32(20)33(26-13-15-27(38)16-14-26)42-30(34-45-44-25(6)46(34)36)19-31(47)40-18-9-7-8-17-39-29-12-10-11-28(21(29)2)35(48)43-37-41-22(3)24(5)50-37/h10-16,30,39H,7-9,17-19H2,1-6H3,(H,40,47)(H,41,43,48)/t30-/m0/s1. The highest BCUT2D eigenvalue weighted by molar-refractivity contribution is 7.16. The van der Waals surface area contributed by atoms with E-state index in [0.717, 1.165) is 80.9 Å². The molecule has 2 amide bonds. The molecule has 260 valence electrons. The molecule has 0 radical (unpaired) electrons. The Morgan fingerprint density at radius 1 is 0.880 bits per heavy atom. The fourth-order valence-electron chi connectivity index (χ4n) is 6.02. The largest absolute Gasteiger partial charge is 0.385 e. The summed E-state index contributed by atoms with van der Waals surface area (Å²) >= 11 is 9.40. The summed E-state index contributed by atoms with van der Waals surface area (Å²) in [5.41, 5.74) is 7.35. The van der Waals surface area contributed by atoms with Crippen LogP contribution in [-0.2, 0) is 4.79 Å². The molecule has 3 aromatic heterocycles. The topological polar surface area (TPSA) is 126 Å². The first-order valence-electron chi connectivity index (χ1n) is 16.7. The fourth-order valence-corrected chi connectivity index (χ4v) is 8.17. The van der Waals surface area contributed by atoms with Gasteiger partial charge in [-0.15, -0.1) is 32.9 Å². The first kappa shape index (κ1) is 35.4. The quantitative estimate of drug-likeness (QED) is 0.111. The van der Waals surface area contributed by atoms with E-state index in [2.05, 4.69) is 49.5 Å². The second-order valence-electron chi connectivity index (χ2n) is 12.5. The summed E-state index contributed by atoms with van der Waals surface area (Å²) in [6, 6.07) is 12.9. The van der Waals surface area contributed by atoms with Gasteiger partial charge in [-0.2, -0.15) is 0 Å². The number of aromatic nitrogens is 4. The number of hydrogen-bond donors (Lipinski definition) is 3. The molecule has 6 rings (SSSR count). The number of aryl methyl sites for hydroxylation is 4. The predicted octanol–water partition coefficient (Wildman–Crippen LogP) is 8.22. The van der Waals surface area contributed by atoms with Gasteiger partial charge in [0.1, 0.15) is 16.9 Å². The molecule has 13 heteroatoms. The summed E-state index contributed by atoms with van der Waals surface area (Å²) in [6.07, 6.45) is 2.86. The van der Waals surface area contributed by atoms with Gasteiger partial charge in [-0.25, -0.2) is 4.98 Å². The van der Waals surface area contributed by atoms with E-state index < -0.39 is 6.04 Å². The van der Waals surface area contributed by atoms with Crippen molar-refractivity contribution in [3.63, 3.8) is 0 Å². The normalized spacial score (nSPS) is 13.7. The summed E-state index contributed by atoms with van der Waals surface area (Å²) in [7, 11) is 0. The van der Waals surface area contributed by atoms with Crippen LogP contribution in [0, 0.1) is 41.5 Å². The number of benzene rings is 2. The molecule has 1 aliphatic heterocycles. The predicted molar refractivity (Wildman–Crippen MR) is 204 cm³/mol. The van der Waals surface area contributed by atoms with Crippen LogP contribution in [0.4, 0.5) is 10.8 Å². The van der Waals surface area contributed by atoms with Gasteiger partial charge in [-0.1, -0.05) is 29.8 Å². The van der Waals surface area contributed by atoms with Gasteiger partial charge >= 0.3 is 0 Å². The van der Waals surface area contributed by atoms with Crippen molar-refractivity contribution >= 4 is 62.6 Å². The lowest BCUT2D eigenvalue weighted by molar-refractivity contribution is -0.121. The van der Waals surface area contributed by atoms with Crippen LogP contribution in [0.1, 0.15) is 91.4 Å². The first-order valence-corrected chi connectivity index (χ1v) is 18.7. The zero-order valence-corrected chi connectivity index (χ0v) is 31.5. The number of hydrogen-bond acceptors (Lipinski definition) is 9. The average Bonchev–Trinajstić information content (AvgIpc) is 3.69. The fraction of sp³-hybridized carbons (Fsp3) is 0.351. The average molecular weight is 729 g/mol. The van der Waals surface area contributed by atoms with Crippen molar-refractivity contribution in [2.24, 2.45) is 4.99 Å². The number of rotatable bonds is 12.